The Balaban J connectivity index is 1.05. The second-order valence-corrected chi connectivity index (χ2v) is 18.2. The molecular formula is C66H45N5. The second kappa shape index (κ2) is 16.6. The van der Waals surface area contributed by atoms with Crippen LogP contribution in [0.15, 0.2) is 273 Å². The topological polar surface area (TPSA) is 21.3 Å². The normalized spacial score (nSPS) is 11.7. The van der Waals surface area contributed by atoms with Crippen molar-refractivity contribution in [3.8, 4) is 17.1 Å². The van der Waals surface area contributed by atoms with Crippen molar-refractivity contribution in [2.75, 3.05) is 9.80 Å². The Labute approximate surface area is 411 Å². The number of rotatable bonds is 9. The Hall–Kier alpha value is -9.58. The molecule has 0 aliphatic carbocycles. The van der Waals surface area contributed by atoms with Crippen LogP contribution in [0.1, 0.15) is 0 Å². The van der Waals surface area contributed by atoms with E-state index < -0.39 is 0 Å². The molecule has 3 aromatic heterocycles. The Morgan fingerprint density at radius 1 is 0.183 bits per heavy atom. The fourth-order valence-corrected chi connectivity index (χ4v) is 11.1. The van der Waals surface area contributed by atoms with E-state index in [1.54, 1.807) is 0 Å². The third kappa shape index (κ3) is 6.63. The maximum Gasteiger partial charge on any atom is 0.0561 e. The lowest BCUT2D eigenvalue weighted by atomic mass is 10.1. The Morgan fingerprint density at radius 3 is 1.04 bits per heavy atom. The van der Waals surface area contributed by atoms with Gasteiger partial charge in [0.15, 0.2) is 0 Å². The molecule has 14 aromatic rings. The van der Waals surface area contributed by atoms with Crippen LogP contribution in [-0.4, -0.2) is 13.7 Å². The summed E-state index contributed by atoms with van der Waals surface area (Å²) in [4.78, 5) is 4.67. The number of nitrogens with zero attached hydrogens (tertiary/aromatic N) is 5. The van der Waals surface area contributed by atoms with Gasteiger partial charge in [0.05, 0.1) is 33.1 Å². The van der Waals surface area contributed by atoms with Gasteiger partial charge in [-0.1, -0.05) is 133 Å². The summed E-state index contributed by atoms with van der Waals surface area (Å²) in [6, 6.07) is 98.9. The van der Waals surface area contributed by atoms with E-state index >= 15 is 0 Å². The van der Waals surface area contributed by atoms with Crippen molar-refractivity contribution in [2.24, 2.45) is 0 Å². The zero-order valence-corrected chi connectivity index (χ0v) is 38.7. The van der Waals surface area contributed by atoms with Gasteiger partial charge in [-0.25, -0.2) is 0 Å². The number of para-hydroxylation sites is 7. The smallest absolute Gasteiger partial charge is 0.0561 e. The van der Waals surface area contributed by atoms with Gasteiger partial charge in [0.25, 0.3) is 0 Å². The molecule has 0 saturated heterocycles. The maximum atomic E-state index is 2.48. The van der Waals surface area contributed by atoms with Crippen LogP contribution < -0.4 is 9.80 Å². The maximum absolute atomic E-state index is 2.48. The van der Waals surface area contributed by atoms with E-state index in [1.165, 1.54) is 43.4 Å². The van der Waals surface area contributed by atoms with Crippen molar-refractivity contribution >= 4 is 99.5 Å². The third-order valence-corrected chi connectivity index (χ3v) is 14.2. The highest BCUT2D eigenvalue weighted by Crippen LogP contribution is 2.44. The fourth-order valence-electron chi connectivity index (χ4n) is 11.1. The predicted octanol–water partition coefficient (Wildman–Crippen LogP) is 17.9. The minimum atomic E-state index is 1.08. The summed E-state index contributed by atoms with van der Waals surface area (Å²) in [6.07, 6.45) is 0. The molecule has 0 bridgehead atoms. The third-order valence-electron chi connectivity index (χ3n) is 14.2. The van der Waals surface area contributed by atoms with Crippen LogP contribution in [0.4, 0.5) is 34.1 Å². The number of hydrogen-bond donors (Lipinski definition) is 0. The minimum absolute atomic E-state index is 1.08. The highest BCUT2D eigenvalue weighted by Gasteiger charge is 2.23. The van der Waals surface area contributed by atoms with E-state index in [4.69, 9.17) is 0 Å². The standard InChI is InChI=1S/C66H45N5/c1-6-20-46(21-7-1)67(47-22-8-2-9-23-47)51-34-36-52(37-35-51)70-64-43-54(68(48-24-10-3-11-25-48)49-26-12-4-13-27-49)38-40-57(64)59-44-66-60(45-65(59)70)58-42-53(39-41-63(58)69(66)50-28-14-5-15-29-50)71-61-32-18-16-30-55(61)56-31-17-19-33-62(56)71/h1-45H. The van der Waals surface area contributed by atoms with Crippen molar-refractivity contribution in [1.82, 2.24) is 13.7 Å². The average molecular weight is 908 g/mol. The highest BCUT2D eigenvalue weighted by atomic mass is 15.2. The van der Waals surface area contributed by atoms with Crippen LogP contribution in [0.3, 0.4) is 0 Å². The molecule has 71 heavy (non-hydrogen) atoms. The minimum Gasteiger partial charge on any atom is -0.311 e. The Kier molecular flexibility index (Phi) is 9.46. The molecule has 0 spiro atoms. The summed E-state index contributed by atoms with van der Waals surface area (Å²) in [5, 5.41) is 7.25. The lowest BCUT2D eigenvalue weighted by molar-refractivity contribution is 1.16. The van der Waals surface area contributed by atoms with Crippen molar-refractivity contribution in [1.29, 1.82) is 0 Å². The fraction of sp³-hybridized carbons (Fsp3) is 0. The van der Waals surface area contributed by atoms with Gasteiger partial charge in [-0.2, -0.15) is 0 Å². The van der Waals surface area contributed by atoms with Crippen LogP contribution in [0.2, 0.25) is 0 Å². The van der Waals surface area contributed by atoms with Gasteiger partial charge in [-0.05, 0) is 140 Å². The lowest BCUT2D eigenvalue weighted by Gasteiger charge is -2.26. The number of fused-ring (bicyclic) bond motifs is 9. The Morgan fingerprint density at radius 2 is 0.507 bits per heavy atom. The number of benzene rings is 11. The molecule has 0 unspecified atom stereocenters. The van der Waals surface area contributed by atoms with E-state index in [1.807, 2.05) is 0 Å². The first-order valence-electron chi connectivity index (χ1n) is 24.3. The summed E-state index contributed by atoms with van der Waals surface area (Å²) >= 11 is 0. The van der Waals surface area contributed by atoms with Crippen LogP contribution >= 0.6 is 0 Å². The van der Waals surface area contributed by atoms with Gasteiger partial charge < -0.3 is 23.5 Å². The van der Waals surface area contributed by atoms with Gasteiger partial charge >= 0.3 is 0 Å². The van der Waals surface area contributed by atoms with Gasteiger partial charge in [0.1, 0.15) is 0 Å². The van der Waals surface area contributed by atoms with E-state index in [-0.39, 0.29) is 0 Å². The predicted molar refractivity (Wildman–Crippen MR) is 299 cm³/mol. The molecule has 0 amide bonds. The molecule has 0 aliphatic heterocycles. The van der Waals surface area contributed by atoms with Gasteiger partial charge in [-0.15, -0.1) is 0 Å². The molecule has 5 heteroatoms. The second-order valence-electron chi connectivity index (χ2n) is 18.2. The van der Waals surface area contributed by atoms with Crippen LogP contribution in [-0.2, 0) is 0 Å². The summed E-state index contributed by atoms with van der Waals surface area (Å²) in [6.45, 7) is 0. The van der Waals surface area contributed by atoms with Crippen molar-refractivity contribution in [3.63, 3.8) is 0 Å². The van der Waals surface area contributed by atoms with Crippen molar-refractivity contribution in [2.45, 2.75) is 0 Å². The largest absolute Gasteiger partial charge is 0.311 e. The SMILES string of the molecule is c1ccc(N(c2ccccc2)c2ccc(-n3c4cc(N(c5ccccc5)c5ccccc5)ccc4c4cc5c(cc43)c3cc(-n4c6ccccc6c6ccccc64)ccc3n5-c3ccccc3)cc2)cc1. The summed E-state index contributed by atoms with van der Waals surface area (Å²) in [5.74, 6) is 0. The molecular weight excluding hydrogens is 863 g/mol. The van der Waals surface area contributed by atoms with Crippen molar-refractivity contribution in [3.05, 3.63) is 273 Å². The summed E-state index contributed by atoms with van der Waals surface area (Å²) < 4.78 is 7.34. The van der Waals surface area contributed by atoms with Gasteiger partial charge in [0.2, 0.25) is 0 Å². The van der Waals surface area contributed by atoms with E-state index in [2.05, 4.69) is 296 Å². The molecule has 334 valence electrons. The van der Waals surface area contributed by atoms with E-state index in [0.29, 0.717) is 0 Å². The number of anilines is 6. The van der Waals surface area contributed by atoms with Gasteiger partial charge in [-0.3, -0.25) is 0 Å². The summed E-state index contributed by atoms with van der Waals surface area (Å²) in [7, 11) is 0. The first-order valence-corrected chi connectivity index (χ1v) is 24.3. The first-order chi connectivity index (χ1) is 35.2. The van der Waals surface area contributed by atoms with E-state index in [0.717, 1.165) is 73.3 Å². The van der Waals surface area contributed by atoms with Crippen LogP contribution in [0.5, 0.6) is 0 Å². The molecule has 11 aromatic carbocycles. The summed E-state index contributed by atoms with van der Waals surface area (Å²) in [5.41, 5.74) is 16.9. The molecule has 0 radical (unpaired) electrons. The van der Waals surface area contributed by atoms with Crippen LogP contribution in [0.25, 0.3) is 82.5 Å². The number of hydrogen-bond acceptors (Lipinski definition) is 2. The zero-order chi connectivity index (χ0) is 46.8. The van der Waals surface area contributed by atoms with E-state index in [9.17, 15) is 0 Å². The molecule has 0 saturated carbocycles. The van der Waals surface area contributed by atoms with Crippen molar-refractivity contribution < 1.29 is 0 Å². The molecule has 5 nitrogen and oxygen atoms in total. The molecule has 0 N–H and O–H groups in total. The number of aromatic nitrogens is 3. The quantitative estimate of drug-likeness (QED) is 0.144. The molecule has 3 heterocycles. The Bertz CT molecular complexity index is 4120. The molecule has 0 aliphatic rings. The lowest BCUT2D eigenvalue weighted by Crippen LogP contribution is -2.10. The van der Waals surface area contributed by atoms with Crippen LogP contribution in [0, 0.1) is 0 Å². The average Bonchev–Trinajstić information content (AvgIpc) is 4.07. The first kappa shape index (κ1) is 40.5. The highest BCUT2D eigenvalue weighted by molar-refractivity contribution is 6.20. The molecule has 0 atom stereocenters. The monoisotopic (exact) mass is 907 g/mol. The molecule has 14 rings (SSSR count). The van der Waals surface area contributed by atoms with Gasteiger partial charge in [0, 0.05) is 83.5 Å². The zero-order valence-electron chi connectivity index (χ0n) is 38.7. The molecule has 0 fully saturated rings.